The van der Waals surface area contributed by atoms with Gasteiger partial charge in [0, 0.05) is 18.8 Å². The molecule has 2 rings (SSSR count). The molecule has 1 N–H and O–H groups in total. The Bertz CT molecular complexity index is 557. The third-order valence-corrected chi connectivity index (χ3v) is 4.87. The molecule has 0 bridgehead atoms. The van der Waals surface area contributed by atoms with Crippen molar-refractivity contribution in [3.8, 4) is 0 Å². The molecular formula is C13H19ClN2O3S. The number of sulfonamides is 1. The van der Waals surface area contributed by atoms with Gasteiger partial charge >= 0.3 is 0 Å². The Morgan fingerprint density at radius 2 is 2.05 bits per heavy atom. The van der Waals surface area contributed by atoms with Gasteiger partial charge in [0.25, 0.3) is 0 Å². The molecule has 20 heavy (non-hydrogen) atoms. The molecule has 1 saturated heterocycles. The summed E-state index contributed by atoms with van der Waals surface area (Å²) < 4.78 is 31.5. The van der Waals surface area contributed by atoms with Crippen LogP contribution in [0.3, 0.4) is 0 Å². The first kappa shape index (κ1) is 15.4. The molecule has 1 heterocycles. The Kier molecular flexibility index (Phi) is 5.12. The van der Waals surface area contributed by atoms with Crippen molar-refractivity contribution in [2.24, 2.45) is 0 Å². The number of benzene rings is 1. The van der Waals surface area contributed by atoms with Crippen LogP contribution in [-0.2, 0) is 14.8 Å². The Balaban J connectivity index is 2.20. The fourth-order valence-electron chi connectivity index (χ4n) is 2.10. The van der Waals surface area contributed by atoms with Crippen LogP contribution in [0.4, 0.5) is 11.4 Å². The van der Waals surface area contributed by atoms with E-state index in [4.69, 9.17) is 16.3 Å². The number of rotatable bonds is 5. The maximum absolute atomic E-state index is 11.8. The van der Waals surface area contributed by atoms with Gasteiger partial charge in [-0.15, -0.1) is 0 Å². The lowest BCUT2D eigenvalue weighted by Crippen LogP contribution is -2.36. The highest BCUT2D eigenvalue weighted by molar-refractivity contribution is 7.92. The number of morpholine rings is 1. The predicted molar refractivity (Wildman–Crippen MR) is 82.2 cm³/mol. The minimum Gasteiger partial charge on any atom is -0.378 e. The SMILES string of the molecule is CCCS(=O)(=O)Nc1cc(N2CCOCC2)ccc1Cl. The van der Waals surface area contributed by atoms with E-state index < -0.39 is 10.0 Å². The molecular weight excluding hydrogens is 300 g/mol. The summed E-state index contributed by atoms with van der Waals surface area (Å²) in [5, 5.41) is 0.404. The molecule has 1 aliphatic rings. The molecule has 0 amide bonds. The van der Waals surface area contributed by atoms with Crippen LogP contribution in [0.5, 0.6) is 0 Å². The Morgan fingerprint density at radius 1 is 1.35 bits per heavy atom. The van der Waals surface area contributed by atoms with Crippen molar-refractivity contribution in [1.82, 2.24) is 0 Å². The Morgan fingerprint density at radius 3 is 2.70 bits per heavy atom. The second-order valence-electron chi connectivity index (χ2n) is 4.68. The summed E-state index contributed by atoms with van der Waals surface area (Å²) >= 11 is 6.07. The van der Waals surface area contributed by atoms with E-state index in [2.05, 4.69) is 9.62 Å². The first-order chi connectivity index (χ1) is 9.52. The molecule has 1 aromatic rings. The lowest BCUT2D eigenvalue weighted by molar-refractivity contribution is 0.122. The highest BCUT2D eigenvalue weighted by Crippen LogP contribution is 2.29. The van der Waals surface area contributed by atoms with E-state index in [-0.39, 0.29) is 5.75 Å². The van der Waals surface area contributed by atoms with Crippen LogP contribution in [0.1, 0.15) is 13.3 Å². The van der Waals surface area contributed by atoms with Gasteiger partial charge in [-0.25, -0.2) is 8.42 Å². The summed E-state index contributed by atoms with van der Waals surface area (Å²) in [7, 11) is -3.33. The van der Waals surface area contributed by atoms with E-state index in [0.29, 0.717) is 30.3 Å². The number of ether oxygens (including phenoxy) is 1. The molecule has 0 unspecified atom stereocenters. The van der Waals surface area contributed by atoms with E-state index in [1.807, 2.05) is 13.0 Å². The smallest absolute Gasteiger partial charge is 0.232 e. The summed E-state index contributed by atoms with van der Waals surface area (Å²) in [4.78, 5) is 2.15. The summed E-state index contributed by atoms with van der Waals surface area (Å²) in [6, 6.07) is 5.39. The highest BCUT2D eigenvalue weighted by Gasteiger charge is 2.15. The highest BCUT2D eigenvalue weighted by atomic mass is 35.5. The minimum atomic E-state index is -3.33. The van der Waals surface area contributed by atoms with Crippen LogP contribution in [0.15, 0.2) is 18.2 Å². The van der Waals surface area contributed by atoms with Gasteiger partial charge in [0.2, 0.25) is 10.0 Å². The van der Waals surface area contributed by atoms with Crippen LogP contribution in [0.2, 0.25) is 5.02 Å². The fraction of sp³-hybridized carbons (Fsp3) is 0.538. The number of hydrogen-bond donors (Lipinski definition) is 1. The van der Waals surface area contributed by atoms with Crippen molar-refractivity contribution in [3.63, 3.8) is 0 Å². The zero-order valence-corrected chi connectivity index (χ0v) is 13.0. The molecule has 0 saturated carbocycles. The topological polar surface area (TPSA) is 58.6 Å². The largest absolute Gasteiger partial charge is 0.378 e. The number of anilines is 2. The maximum atomic E-state index is 11.8. The second kappa shape index (κ2) is 6.65. The van der Waals surface area contributed by atoms with Gasteiger partial charge in [0.1, 0.15) is 0 Å². The van der Waals surface area contributed by atoms with Crippen LogP contribution < -0.4 is 9.62 Å². The van der Waals surface area contributed by atoms with Crippen molar-refractivity contribution >= 4 is 33.0 Å². The number of halogens is 1. The van der Waals surface area contributed by atoms with Crippen LogP contribution in [0, 0.1) is 0 Å². The first-order valence-corrected chi connectivity index (χ1v) is 8.67. The third-order valence-electron chi connectivity index (χ3n) is 3.06. The average molecular weight is 319 g/mol. The van der Waals surface area contributed by atoms with Crippen LogP contribution in [0.25, 0.3) is 0 Å². The van der Waals surface area contributed by atoms with Crippen molar-refractivity contribution in [2.45, 2.75) is 13.3 Å². The third kappa shape index (κ3) is 4.01. The summed E-state index contributed by atoms with van der Waals surface area (Å²) in [6.07, 6.45) is 0.566. The molecule has 0 aromatic heterocycles. The summed E-state index contributed by atoms with van der Waals surface area (Å²) in [5.41, 5.74) is 1.39. The molecule has 1 aromatic carbocycles. The van der Waals surface area contributed by atoms with Gasteiger partial charge in [-0.05, 0) is 24.6 Å². The molecule has 0 aliphatic carbocycles. The number of nitrogens with one attached hydrogen (secondary N) is 1. The first-order valence-electron chi connectivity index (χ1n) is 6.64. The van der Waals surface area contributed by atoms with Gasteiger partial charge < -0.3 is 9.64 Å². The van der Waals surface area contributed by atoms with Gasteiger partial charge in [0.05, 0.1) is 29.7 Å². The lowest BCUT2D eigenvalue weighted by Gasteiger charge is -2.29. The standard InChI is InChI=1S/C13H19ClN2O3S/c1-2-9-20(17,18)15-13-10-11(3-4-12(13)14)16-5-7-19-8-6-16/h3-4,10,15H,2,5-9H2,1H3. The van der Waals surface area contributed by atoms with Crippen molar-refractivity contribution in [1.29, 1.82) is 0 Å². The molecule has 1 fully saturated rings. The molecule has 112 valence electrons. The second-order valence-corrected chi connectivity index (χ2v) is 6.93. The van der Waals surface area contributed by atoms with Gasteiger partial charge in [-0.3, -0.25) is 4.72 Å². The zero-order valence-electron chi connectivity index (χ0n) is 11.4. The van der Waals surface area contributed by atoms with Crippen molar-refractivity contribution in [3.05, 3.63) is 23.2 Å². The van der Waals surface area contributed by atoms with Gasteiger partial charge in [0.15, 0.2) is 0 Å². The number of hydrogen-bond acceptors (Lipinski definition) is 4. The summed E-state index contributed by atoms with van der Waals surface area (Å²) in [5.74, 6) is 0.0884. The van der Waals surface area contributed by atoms with Crippen LogP contribution in [-0.4, -0.2) is 40.5 Å². The monoisotopic (exact) mass is 318 g/mol. The van der Waals surface area contributed by atoms with E-state index in [1.165, 1.54) is 0 Å². The van der Waals surface area contributed by atoms with E-state index in [1.54, 1.807) is 12.1 Å². The maximum Gasteiger partial charge on any atom is 0.232 e. The Labute approximate surface area is 124 Å². The van der Waals surface area contributed by atoms with E-state index in [9.17, 15) is 8.42 Å². The summed E-state index contributed by atoms with van der Waals surface area (Å²) in [6.45, 7) is 4.77. The molecule has 7 heteroatoms. The molecule has 0 spiro atoms. The van der Waals surface area contributed by atoms with E-state index >= 15 is 0 Å². The van der Waals surface area contributed by atoms with Gasteiger partial charge in [-0.1, -0.05) is 18.5 Å². The lowest BCUT2D eigenvalue weighted by atomic mass is 10.2. The molecule has 5 nitrogen and oxygen atoms in total. The van der Waals surface area contributed by atoms with Crippen LogP contribution >= 0.6 is 11.6 Å². The zero-order chi connectivity index (χ0) is 14.6. The Hall–Kier alpha value is -0.980. The quantitative estimate of drug-likeness (QED) is 0.905. The van der Waals surface area contributed by atoms with E-state index in [0.717, 1.165) is 18.8 Å². The van der Waals surface area contributed by atoms with Crippen molar-refractivity contribution < 1.29 is 13.2 Å². The average Bonchev–Trinajstić information content (AvgIpc) is 2.42. The molecule has 0 radical (unpaired) electrons. The van der Waals surface area contributed by atoms with Gasteiger partial charge in [-0.2, -0.15) is 0 Å². The molecule has 0 atom stereocenters. The molecule has 1 aliphatic heterocycles. The predicted octanol–water partition coefficient (Wildman–Crippen LogP) is 2.33. The minimum absolute atomic E-state index is 0.0884. The number of nitrogens with zero attached hydrogens (tertiary/aromatic N) is 1. The normalized spacial score (nSPS) is 16.2. The fourth-order valence-corrected chi connectivity index (χ4v) is 3.46. The van der Waals surface area contributed by atoms with Crippen molar-refractivity contribution in [2.75, 3.05) is 41.7 Å².